The van der Waals surface area contributed by atoms with E-state index in [1.807, 2.05) is 77.1 Å². The first kappa shape index (κ1) is 22.3. The molecule has 0 aliphatic carbocycles. The van der Waals surface area contributed by atoms with Gasteiger partial charge in [0, 0.05) is 11.8 Å². The number of anilines is 2. The Morgan fingerprint density at radius 2 is 1.61 bits per heavy atom. The molecule has 4 rings (SSSR count). The highest BCUT2D eigenvalue weighted by atomic mass is 16.5. The van der Waals surface area contributed by atoms with Gasteiger partial charge in [-0.3, -0.25) is 9.59 Å². The van der Waals surface area contributed by atoms with Crippen LogP contribution >= 0.6 is 0 Å². The average molecular weight is 441 g/mol. The fourth-order valence-corrected chi connectivity index (χ4v) is 4.12. The molecule has 5 heteroatoms. The Morgan fingerprint density at radius 1 is 0.848 bits per heavy atom. The molecule has 1 heterocycles. The number of nitrogens with zero attached hydrogens (tertiary/aromatic N) is 1. The van der Waals surface area contributed by atoms with Gasteiger partial charge in [0.15, 0.2) is 0 Å². The Kier molecular flexibility index (Phi) is 6.05. The van der Waals surface area contributed by atoms with Crippen molar-refractivity contribution in [2.75, 3.05) is 16.8 Å². The van der Waals surface area contributed by atoms with E-state index < -0.39 is 0 Å². The number of amides is 2. The molecule has 1 aliphatic rings. The highest BCUT2D eigenvalue weighted by molar-refractivity contribution is 6.46. The number of benzene rings is 3. The topological polar surface area (TPSA) is 58.6 Å². The van der Waals surface area contributed by atoms with E-state index in [1.54, 1.807) is 18.2 Å². The number of aryl methyl sites for hydroxylation is 3. The van der Waals surface area contributed by atoms with Crippen LogP contribution in [0.1, 0.15) is 34.7 Å². The van der Waals surface area contributed by atoms with Crippen LogP contribution in [0.2, 0.25) is 0 Å². The minimum Gasteiger partial charge on any atom is -0.494 e. The van der Waals surface area contributed by atoms with E-state index in [4.69, 9.17) is 4.74 Å². The second-order valence-corrected chi connectivity index (χ2v) is 8.32. The molecular formula is C28H28N2O3. The maximum Gasteiger partial charge on any atom is 0.282 e. The first-order chi connectivity index (χ1) is 15.8. The molecule has 0 saturated carbocycles. The summed E-state index contributed by atoms with van der Waals surface area (Å²) in [6, 6.07) is 18.8. The van der Waals surface area contributed by atoms with Gasteiger partial charge in [0.1, 0.15) is 11.4 Å². The molecule has 3 aromatic rings. The zero-order valence-corrected chi connectivity index (χ0v) is 19.7. The first-order valence-electron chi connectivity index (χ1n) is 11.1. The van der Waals surface area contributed by atoms with Gasteiger partial charge in [-0.05, 0) is 75.1 Å². The summed E-state index contributed by atoms with van der Waals surface area (Å²) in [5.74, 6) is -0.127. The van der Waals surface area contributed by atoms with Crippen LogP contribution in [0.3, 0.4) is 0 Å². The van der Waals surface area contributed by atoms with Crippen molar-refractivity contribution in [3.8, 4) is 5.75 Å². The van der Waals surface area contributed by atoms with Gasteiger partial charge in [-0.15, -0.1) is 0 Å². The second-order valence-electron chi connectivity index (χ2n) is 8.32. The van der Waals surface area contributed by atoms with Crippen LogP contribution in [0.15, 0.2) is 66.4 Å². The van der Waals surface area contributed by atoms with Crippen LogP contribution in [0.25, 0.3) is 5.57 Å². The van der Waals surface area contributed by atoms with E-state index in [0.29, 0.717) is 23.6 Å². The van der Waals surface area contributed by atoms with Crippen molar-refractivity contribution in [3.63, 3.8) is 0 Å². The van der Waals surface area contributed by atoms with Crippen LogP contribution in [0.4, 0.5) is 11.4 Å². The van der Waals surface area contributed by atoms with Gasteiger partial charge in [-0.25, -0.2) is 4.90 Å². The van der Waals surface area contributed by atoms with Crippen molar-refractivity contribution in [1.82, 2.24) is 0 Å². The van der Waals surface area contributed by atoms with Crippen molar-refractivity contribution in [2.24, 2.45) is 0 Å². The zero-order chi connectivity index (χ0) is 23.7. The van der Waals surface area contributed by atoms with Crippen LogP contribution in [0.5, 0.6) is 5.75 Å². The molecular weight excluding hydrogens is 412 g/mol. The maximum absolute atomic E-state index is 13.7. The number of hydrogen-bond acceptors (Lipinski definition) is 4. The molecule has 0 unspecified atom stereocenters. The Balaban J connectivity index is 1.86. The Morgan fingerprint density at radius 3 is 2.33 bits per heavy atom. The largest absolute Gasteiger partial charge is 0.494 e. The van der Waals surface area contributed by atoms with Crippen molar-refractivity contribution >= 4 is 28.8 Å². The van der Waals surface area contributed by atoms with Gasteiger partial charge in [0.05, 0.1) is 17.9 Å². The predicted molar refractivity (Wildman–Crippen MR) is 132 cm³/mol. The van der Waals surface area contributed by atoms with Gasteiger partial charge < -0.3 is 10.1 Å². The molecule has 2 amide bonds. The third kappa shape index (κ3) is 4.14. The van der Waals surface area contributed by atoms with Crippen LogP contribution < -0.4 is 15.0 Å². The zero-order valence-electron chi connectivity index (χ0n) is 19.7. The van der Waals surface area contributed by atoms with E-state index in [1.165, 1.54) is 4.90 Å². The highest BCUT2D eigenvalue weighted by Gasteiger charge is 2.41. The molecule has 0 spiro atoms. The number of carbonyl (C=O) groups excluding carboxylic acids is 2. The summed E-state index contributed by atoms with van der Waals surface area (Å²) in [5.41, 5.74) is 6.86. The molecule has 0 aromatic heterocycles. The Hall–Kier alpha value is -3.86. The number of imide groups is 1. The lowest BCUT2D eigenvalue weighted by molar-refractivity contribution is -0.120. The summed E-state index contributed by atoms with van der Waals surface area (Å²) < 4.78 is 5.59. The monoisotopic (exact) mass is 440 g/mol. The van der Waals surface area contributed by atoms with Gasteiger partial charge in [0.25, 0.3) is 11.8 Å². The Labute approximate surface area is 194 Å². The number of rotatable bonds is 6. The third-order valence-electron chi connectivity index (χ3n) is 5.99. The minimum atomic E-state index is -0.385. The lowest BCUT2D eigenvalue weighted by Gasteiger charge is -2.17. The summed E-state index contributed by atoms with van der Waals surface area (Å²) in [5, 5.41) is 3.30. The number of ether oxygens (including phenoxy) is 1. The standard InChI is InChI=1S/C28H28N2O3/c1-6-33-22-11-8-10-21(16-22)30-27(31)25(23-14-13-17(2)15-19(23)4)26(28(30)32)29-24-12-7-9-18(3)20(24)5/h7-16,29H,6H2,1-5H3. The molecule has 1 N–H and O–H groups in total. The van der Waals surface area contributed by atoms with Crippen molar-refractivity contribution in [2.45, 2.75) is 34.6 Å². The molecule has 33 heavy (non-hydrogen) atoms. The minimum absolute atomic E-state index is 0.280. The van der Waals surface area contributed by atoms with Crippen molar-refractivity contribution in [1.29, 1.82) is 0 Å². The Bertz CT molecular complexity index is 1290. The number of nitrogens with one attached hydrogen (secondary N) is 1. The second kappa shape index (κ2) is 8.94. The summed E-state index contributed by atoms with van der Waals surface area (Å²) in [7, 11) is 0. The van der Waals surface area contributed by atoms with Crippen LogP contribution in [-0.2, 0) is 9.59 Å². The molecule has 0 fully saturated rings. The molecule has 1 aliphatic heterocycles. The van der Waals surface area contributed by atoms with Gasteiger partial charge in [-0.2, -0.15) is 0 Å². The maximum atomic E-state index is 13.7. The molecule has 0 saturated heterocycles. The predicted octanol–water partition coefficient (Wildman–Crippen LogP) is 5.72. The quantitative estimate of drug-likeness (QED) is 0.499. The lowest BCUT2D eigenvalue weighted by Crippen LogP contribution is -2.32. The summed E-state index contributed by atoms with van der Waals surface area (Å²) in [4.78, 5) is 28.7. The lowest BCUT2D eigenvalue weighted by atomic mass is 9.97. The molecule has 3 aromatic carbocycles. The van der Waals surface area contributed by atoms with E-state index in [0.717, 1.165) is 33.5 Å². The summed E-state index contributed by atoms with van der Waals surface area (Å²) in [6.45, 7) is 10.4. The molecule has 5 nitrogen and oxygen atoms in total. The third-order valence-corrected chi connectivity index (χ3v) is 5.99. The fourth-order valence-electron chi connectivity index (χ4n) is 4.12. The van der Waals surface area contributed by atoms with Gasteiger partial charge in [0.2, 0.25) is 0 Å². The SMILES string of the molecule is CCOc1cccc(N2C(=O)C(Nc3cccc(C)c3C)=C(c3ccc(C)cc3C)C2=O)c1. The molecule has 168 valence electrons. The van der Waals surface area contributed by atoms with Crippen molar-refractivity contribution in [3.05, 3.63) is 94.2 Å². The average Bonchev–Trinajstić information content (AvgIpc) is 3.01. The van der Waals surface area contributed by atoms with Crippen LogP contribution in [-0.4, -0.2) is 18.4 Å². The first-order valence-corrected chi connectivity index (χ1v) is 11.1. The van der Waals surface area contributed by atoms with Gasteiger partial charge >= 0.3 is 0 Å². The molecule has 0 bridgehead atoms. The smallest absolute Gasteiger partial charge is 0.282 e. The molecule has 0 radical (unpaired) electrons. The van der Waals surface area contributed by atoms with E-state index in [-0.39, 0.29) is 17.5 Å². The van der Waals surface area contributed by atoms with Crippen molar-refractivity contribution < 1.29 is 14.3 Å². The molecule has 0 atom stereocenters. The number of hydrogen-bond donors (Lipinski definition) is 1. The van der Waals surface area contributed by atoms with Gasteiger partial charge in [-0.1, -0.05) is 42.0 Å². The van der Waals surface area contributed by atoms with E-state index in [2.05, 4.69) is 5.32 Å². The summed E-state index contributed by atoms with van der Waals surface area (Å²) >= 11 is 0. The highest BCUT2D eigenvalue weighted by Crippen LogP contribution is 2.36. The number of carbonyl (C=O) groups is 2. The normalized spacial score (nSPS) is 13.7. The summed E-state index contributed by atoms with van der Waals surface area (Å²) in [6.07, 6.45) is 0. The van der Waals surface area contributed by atoms with E-state index in [9.17, 15) is 9.59 Å². The van der Waals surface area contributed by atoms with Crippen LogP contribution in [0, 0.1) is 27.7 Å². The van der Waals surface area contributed by atoms with E-state index >= 15 is 0 Å². The fraction of sp³-hybridized carbons (Fsp3) is 0.214.